The first-order chi connectivity index (χ1) is 9.26. The van der Waals surface area contributed by atoms with Gasteiger partial charge in [0.25, 0.3) is 0 Å². The van der Waals surface area contributed by atoms with Gasteiger partial charge in [0.2, 0.25) is 0 Å². The first-order valence-corrected chi connectivity index (χ1v) is 6.36. The van der Waals surface area contributed by atoms with Crippen molar-refractivity contribution in [3.63, 3.8) is 0 Å². The van der Waals surface area contributed by atoms with Gasteiger partial charge in [-0.05, 0) is 42.8 Å². The van der Waals surface area contributed by atoms with Gasteiger partial charge in [-0.3, -0.25) is 0 Å². The molecule has 96 valence electrons. The van der Waals surface area contributed by atoms with Crippen molar-refractivity contribution in [2.75, 3.05) is 7.11 Å². The molecule has 0 N–H and O–H groups in total. The van der Waals surface area contributed by atoms with E-state index in [-0.39, 0.29) is 6.10 Å². The summed E-state index contributed by atoms with van der Waals surface area (Å²) in [7, 11) is 1.67. The lowest BCUT2D eigenvalue weighted by Crippen LogP contribution is -2.08. The van der Waals surface area contributed by atoms with E-state index in [0.29, 0.717) is 0 Å². The smallest absolute Gasteiger partial charge is 0.142 e. The summed E-state index contributed by atoms with van der Waals surface area (Å²) in [4.78, 5) is 0. The molecular formula is C17H16O2. The molecule has 0 saturated carbocycles. The highest BCUT2D eigenvalue weighted by Gasteiger charge is 2.16. The molecule has 0 spiro atoms. The number of aryl methyl sites for hydroxylation is 1. The number of hydrogen-bond donors (Lipinski definition) is 0. The Kier molecular flexibility index (Phi) is 3.00. The quantitative estimate of drug-likeness (QED) is 0.799. The van der Waals surface area contributed by atoms with Gasteiger partial charge in [0.1, 0.15) is 17.6 Å². The molecule has 2 aromatic rings. The second kappa shape index (κ2) is 4.81. The van der Waals surface area contributed by atoms with Crippen molar-refractivity contribution in [2.24, 2.45) is 0 Å². The first kappa shape index (κ1) is 11.8. The van der Waals surface area contributed by atoms with Crippen LogP contribution in [0.5, 0.6) is 11.5 Å². The topological polar surface area (TPSA) is 18.5 Å². The van der Waals surface area contributed by atoms with Crippen LogP contribution >= 0.6 is 0 Å². The zero-order chi connectivity index (χ0) is 13.2. The van der Waals surface area contributed by atoms with Gasteiger partial charge in [-0.25, -0.2) is 0 Å². The van der Waals surface area contributed by atoms with Crippen molar-refractivity contribution < 1.29 is 9.47 Å². The molecule has 1 atom stereocenters. The Balaban J connectivity index is 1.87. The second-order valence-corrected chi connectivity index (χ2v) is 4.71. The van der Waals surface area contributed by atoms with Crippen LogP contribution < -0.4 is 9.47 Å². The molecule has 3 rings (SSSR count). The standard InChI is InChI=1S/C17H16O2/c1-12-3-9-17-14(11-12)6-10-16(19-17)13-4-7-15(18-2)8-5-13/h3-11,16H,1-2H3. The SMILES string of the molecule is COc1ccc(C2C=Cc3cc(C)ccc3O2)cc1. The summed E-state index contributed by atoms with van der Waals surface area (Å²) in [6.07, 6.45) is 4.19. The van der Waals surface area contributed by atoms with Crippen LogP contribution in [0.25, 0.3) is 6.08 Å². The van der Waals surface area contributed by atoms with Crippen LogP contribution in [0.3, 0.4) is 0 Å². The van der Waals surface area contributed by atoms with Gasteiger partial charge in [-0.1, -0.05) is 29.8 Å². The van der Waals surface area contributed by atoms with Crippen molar-refractivity contribution in [1.29, 1.82) is 0 Å². The van der Waals surface area contributed by atoms with Crippen LogP contribution in [-0.2, 0) is 0 Å². The van der Waals surface area contributed by atoms with E-state index in [1.165, 1.54) is 5.56 Å². The molecule has 1 heterocycles. The van der Waals surface area contributed by atoms with E-state index in [1.54, 1.807) is 7.11 Å². The van der Waals surface area contributed by atoms with Crippen molar-refractivity contribution in [1.82, 2.24) is 0 Å². The number of benzene rings is 2. The largest absolute Gasteiger partial charge is 0.497 e. The molecule has 2 aromatic carbocycles. The third-order valence-electron chi connectivity index (χ3n) is 3.31. The van der Waals surface area contributed by atoms with Crippen LogP contribution in [0, 0.1) is 6.92 Å². The summed E-state index contributed by atoms with van der Waals surface area (Å²) in [5, 5.41) is 0. The molecule has 0 bridgehead atoms. The molecule has 19 heavy (non-hydrogen) atoms. The van der Waals surface area contributed by atoms with Crippen molar-refractivity contribution in [3.8, 4) is 11.5 Å². The van der Waals surface area contributed by atoms with E-state index >= 15 is 0 Å². The van der Waals surface area contributed by atoms with Crippen molar-refractivity contribution >= 4 is 6.08 Å². The molecule has 0 saturated heterocycles. The van der Waals surface area contributed by atoms with E-state index < -0.39 is 0 Å². The van der Waals surface area contributed by atoms with E-state index in [2.05, 4.69) is 31.2 Å². The zero-order valence-electron chi connectivity index (χ0n) is 11.1. The Morgan fingerprint density at radius 1 is 1.05 bits per heavy atom. The van der Waals surface area contributed by atoms with Crippen LogP contribution in [0.4, 0.5) is 0 Å². The lowest BCUT2D eigenvalue weighted by Gasteiger charge is -2.22. The Hall–Kier alpha value is -2.22. The van der Waals surface area contributed by atoms with Crippen LogP contribution in [0.1, 0.15) is 22.8 Å². The molecule has 0 fully saturated rings. The zero-order valence-corrected chi connectivity index (χ0v) is 11.1. The molecule has 1 aliphatic heterocycles. The fourth-order valence-corrected chi connectivity index (χ4v) is 2.25. The lowest BCUT2D eigenvalue weighted by atomic mass is 10.0. The monoisotopic (exact) mass is 252 g/mol. The summed E-state index contributed by atoms with van der Waals surface area (Å²) in [6.45, 7) is 2.09. The molecule has 2 nitrogen and oxygen atoms in total. The molecule has 0 amide bonds. The molecule has 1 aliphatic rings. The van der Waals surface area contributed by atoms with Crippen molar-refractivity contribution in [3.05, 3.63) is 65.2 Å². The average molecular weight is 252 g/mol. The van der Waals surface area contributed by atoms with Crippen LogP contribution in [0.2, 0.25) is 0 Å². The minimum atomic E-state index is -0.0267. The number of fused-ring (bicyclic) bond motifs is 1. The van der Waals surface area contributed by atoms with Gasteiger partial charge in [-0.15, -0.1) is 0 Å². The second-order valence-electron chi connectivity index (χ2n) is 4.71. The van der Waals surface area contributed by atoms with Crippen LogP contribution in [0.15, 0.2) is 48.5 Å². The maximum atomic E-state index is 6.02. The van der Waals surface area contributed by atoms with E-state index in [0.717, 1.165) is 22.6 Å². The Bertz CT molecular complexity index is 612. The predicted octanol–water partition coefficient (Wildman–Crippen LogP) is 4.15. The maximum Gasteiger partial charge on any atom is 0.142 e. The van der Waals surface area contributed by atoms with Gasteiger partial charge < -0.3 is 9.47 Å². The van der Waals surface area contributed by atoms with Gasteiger partial charge in [0.15, 0.2) is 0 Å². The summed E-state index contributed by atoms with van der Waals surface area (Å²) in [5.74, 6) is 1.80. The third-order valence-corrected chi connectivity index (χ3v) is 3.31. The van der Waals surface area contributed by atoms with Gasteiger partial charge in [0, 0.05) is 5.56 Å². The third kappa shape index (κ3) is 2.34. The molecular weight excluding hydrogens is 236 g/mol. The normalized spacial score (nSPS) is 16.6. The highest BCUT2D eigenvalue weighted by atomic mass is 16.5. The molecule has 2 heteroatoms. The molecule has 0 aliphatic carbocycles. The summed E-state index contributed by atoms with van der Waals surface area (Å²) < 4.78 is 11.2. The fourth-order valence-electron chi connectivity index (χ4n) is 2.25. The summed E-state index contributed by atoms with van der Waals surface area (Å²) >= 11 is 0. The van der Waals surface area contributed by atoms with E-state index in [9.17, 15) is 0 Å². The van der Waals surface area contributed by atoms with Gasteiger partial charge >= 0.3 is 0 Å². The van der Waals surface area contributed by atoms with Gasteiger partial charge in [-0.2, -0.15) is 0 Å². The van der Waals surface area contributed by atoms with Gasteiger partial charge in [0.05, 0.1) is 7.11 Å². The molecule has 0 radical (unpaired) electrons. The minimum Gasteiger partial charge on any atom is -0.497 e. The number of rotatable bonds is 2. The van der Waals surface area contributed by atoms with Crippen molar-refractivity contribution in [2.45, 2.75) is 13.0 Å². The Morgan fingerprint density at radius 3 is 2.58 bits per heavy atom. The highest BCUT2D eigenvalue weighted by molar-refractivity contribution is 5.61. The molecule has 0 aromatic heterocycles. The lowest BCUT2D eigenvalue weighted by molar-refractivity contribution is 0.251. The van der Waals surface area contributed by atoms with Crippen LogP contribution in [-0.4, -0.2) is 7.11 Å². The van der Waals surface area contributed by atoms with E-state index in [4.69, 9.17) is 9.47 Å². The molecule has 1 unspecified atom stereocenters. The summed E-state index contributed by atoms with van der Waals surface area (Å²) in [6, 6.07) is 14.2. The first-order valence-electron chi connectivity index (χ1n) is 6.36. The van der Waals surface area contributed by atoms with E-state index in [1.807, 2.05) is 30.3 Å². The fraction of sp³-hybridized carbons (Fsp3) is 0.176. The number of hydrogen-bond acceptors (Lipinski definition) is 2. The maximum absolute atomic E-state index is 6.02. The predicted molar refractivity (Wildman–Crippen MR) is 76.6 cm³/mol. The number of ether oxygens (including phenoxy) is 2. The average Bonchev–Trinajstić information content (AvgIpc) is 2.47. The minimum absolute atomic E-state index is 0.0267. The highest BCUT2D eigenvalue weighted by Crippen LogP contribution is 2.33. The Morgan fingerprint density at radius 2 is 1.84 bits per heavy atom. The summed E-state index contributed by atoms with van der Waals surface area (Å²) in [5.41, 5.74) is 3.52. The number of methoxy groups -OCH3 is 1. The Labute approximate surface area is 113 Å².